The lowest BCUT2D eigenvalue weighted by Gasteiger charge is -2.09. The lowest BCUT2D eigenvalue weighted by molar-refractivity contribution is 0.132. The predicted octanol–water partition coefficient (Wildman–Crippen LogP) is 4.06. The van der Waals surface area contributed by atoms with Crippen LogP contribution in [0.3, 0.4) is 0 Å². The molecule has 0 fully saturated rings. The topological polar surface area (TPSA) is 49.3 Å². The van der Waals surface area contributed by atoms with Crippen molar-refractivity contribution in [3.63, 3.8) is 0 Å². The highest BCUT2D eigenvalue weighted by atomic mass is 35.5. The molecule has 0 amide bonds. The third-order valence-corrected chi connectivity index (χ3v) is 3.46. The molecule has 0 aromatic heterocycles. The highest BCUT2D eigenvalue weighted by molar-refractivity contribution is 6.32. The van der Waals surface area contributed by atoms with E-state index in [-0.39, 0.29) is 12.4 Å². The van der Waals surface area contributed by atoms with Crippen molar-refractivity contribution in [2.75, 3.05) is 21.3 Å². The molecule has 128 valence electrons. The fourth-order valence-electron chi connectivity index (χ4n) is 2.02. The second-order valence-electron chi connectivity index (χ2n) is 4.72. The number of rotatable bonds is 7. The molecule has 0 saturated heterocycles. The number of nitrogens with zero attached hydrogens (tertiary/aromatic N) is 1. The average molecular weight is 354 g/mol. The van der Waals surface area contributed by atoms with Gasteiger partial charge >= 0.3 is 0 Å². The summed E-state index contributed by atoms with van der Waals surface area (Å²) in [5.41, 5.74) is 1.31. The minimum Gasteiger partial charge on any atom is -0.494 e. The number of benzene rings is 2. The Bertz CT molecular complexity index is 737. The van der Waals surface area contributed by atoms with Gasteiger partial charge < -0.3 is 19.0 Å². The first-order chi connectivity index (χ1) is 11.6. The Hall–Kier alpha value is -2.47. The molecule has 0 spiro atoms. The van der Waals surface area contributed by atoms with Crippen LogP contribution in [0.25, 0.3) is 0 Å². The first-order valence-corrected chi connectivity index (χ1v) is 7.36. The van der Waals surface area contributed by atoms with E-state index < -0.39 is 5.82 Å². The maximum Gasteiger partial charge on any atom is 0.179 e. The van der Waals surface area contributed by atoms with Gasteiger partial charge in [-0.3, -0.25) is 0 Å². The van der Waals surface area contributed by atoms with Crippen molar-refractivity contribution in [3.8, 4) is 17.2 Å². The summed E-state index contributed by atoms with van der Waals surface area (Å²) in [5.74, 6) is 0.672. The molecule has 0 aliphatic rings. The number of ether oxygens (including phenoxy) is 3. The molecule has 0 unspecified atom stereocenters. The van der Waals surface area contributed by atoms with Crippen LogP contribution in [0.2, 0.25) is 5.02 Å². The van der Waals surface area contributed by atoms with E-state index in [1.54, 1.807) is 18.2 Å². The van der Waals surface area contributed by atoms with E-state index in [0.717, 1.165) is 0 Å². The standard InChI is InChI=1S/C17H17ClFNO4/c1-21-15-5-4-11(7-14(15)19)10-24-20-9-12-6-13(18)17(23-3)16(8-12)22-2/h4-9H,10H2,1-3H3/b20-9-. The molecule has 0 aliphatic carbocycles. The van der Waals surface area contributed by atoms with Crippen molar-refractivity contribution >= 4 is 17.8 Å². The Balaban J connectivity index is 2.02. The quantitative estimate of drug-likeness (QED) is 0.556. The van der Waals surface area contributed by atoms with Crippen molar-refractivity contribution in [3.05, 3.63) is 52.3 Å². The second-order valence-corrected chi connectivity index (χ2v) is 5.12. The summed E-state index contributed by atoms with van der Waals surface area (Å²) in [6, 6.07) is 7.95. The van der Waals surface area contributed by atoms with Gasteiger partial charge in [0.25, 0.3) is 0 Å². The molecule has 0 aliphatic heterocycles. The summed E-state index contributed by atoms with van der Waals surface area (Å²) < 4.78 is 28.8. The summed E-state index contributed by atoms with van der Waals surface area (Å²) in [4.78, 5) is 5.17. The van der Waals surface area contributed by atoms with Crippen molar-refractivity contribution in [1.29, 1.82) is 0 Å². The normalized spacial score (nSPS) is 10.7. The van der Waals surface area contributed by atoms with Gasteiger partial charge in [0.1, 0.15) is 6.61 Å². The Morgan fingerprint density at radius 1 is 1.04 bits per heavy atom. The van der Waals surface area contributed by atoms with E-state index in [1.165, 1.54) is 39.7 Å². The van der Waals surface area contributed by atoms with E-state index in [0.29, 0.717) is 27.6 Å². The molecule has 2 rings (SSSR count). The van der Waals surface area contributed by atoms with Gasteiger partial charge in [0.2, 0.25) is 0 Å². The Kier molecular flexibility index (Phi) is 6.26. The lowest BCUT2D eigenvalue weighted by Crippen LogP contribution is -1.95. The molecule has 0 saturated carbocycles. The number of methoxy groups -OCH3 is 3. The van der Waals surface area contributed by atoms with Gasteiger partial charge in [0, 0.05) is 5.56 Å². The molecule has 2 aromatic rings. The third-order valence-electron chi connectivity index (χ3n) is 3.18. The van der Waals surface area contributed by atoms with Gasteiger partial charge in [-0.1, -0.05) is 22.8 Å². The Morgan fingerprint density at radius 2 is 1.79 bits per heavy atom. The number of oxime groups is 1. The van der Waals surface area contributed by atoms with E-state index in [1.807, 2.05) is 0 Å². The van der Waals surface area contributed by atoms with Gasteiger partial charge in [0.05, 0.1) is 32.6 Å². The molecular formula is C17H17ClFNO4. The van der Waals surface area contributed by atoms with E-state index in [9.17, 15) is 4.39 Å². The van der Waals surface area contributed by atoms with Crippen molar-refractivity contribution in [2.45, 2.75) is 6.61 Å². The molecule has 7 heteroatoms. The zero-order valence-electron chi connectivity index (χ0n) is 13.5. The monoisotopic (exact) mass is 353 g/mol. The molecule has 24 heavy (non-hydrogen) atoms. The fraction of sp³-hybridized carbons (Fsp3) is 0.235. The lowest BCUT2D eigenvalue weighted by atomic mass is 10.2. The number of hydrogen-bond donors (Lipinski definition) is 0. The number of halogens is 2. The van der Waals surface area contributed by atoms with E-state index >= 15 is 0 Å². The highest BCUT2D eigenvalue weighted by Crippen LogP contribution is 2.35. The first-order valence-electron chi connectivity index (χ1n) is 6.98. The molecule has 0 radical (unpaired) electrons. The van der Waals surface area contributed by atoms with Crippen molar-refractivity contribution in [1.82, 2.24) is 0 Å². The maximum atomic E-state index is 13.6. The molecule has 0 N–H and O–H groups in total. The highest BCUT2D eigenvalue weighted by Gasteiger charge is 2.10. The zero-order valence-corrected chi connectivity index (χ0v) is 14.3. The SMILES string of the molecule is COc1ccc(CO/N=C\c2cc(Cl)c(OC)c(OC)c2)cc1F. The van der Waals surface area contributed by atoms with E-state index in [4.69, 9.17) is 30.6 Å². The Morgan fingerprint density at radius 3 is 2.42 bits per heavy atom. The van der Waals surface area contributed by atoms with Crippen LogP contribution in [-0.2, 0) is 11.4 Å². The molecule has 0 bridgehead atoms. The minimum absolute atomic E-state index is 0.123. The van der Waals surface area contributed by atoms with E-state index in [2.05, 4.69) is 5.16 Å². The number of hydrogen-bond acceptors (Lipinski definition) is 5. The van der Waals surface area contributed by atoms with Crippen LogP contribution in [0.5, 0.6) is 17.2 Å². The van der Waals surface area contributed by atoms with Crippen molar-refractivity contribution in [2.24, 2.45) is 5.16 Å². The summed E-state index contributed by atoms with van der Waals surface area (Å²) >= 11 is 6.11. The van der Waals surface area contributed by atoms with Gasteiger partial charge in [-0.25, -0.2) is 4.39 Å². The molecule has 0 atom stereocenters. The minimum atomic E-state index is -0.450. The van der Waals surface area contributed by atoms with Gasteiger partial charge in [0.15, 0.2) is 23.1 Å². The molecular weight excluding hydrogens is 337 g/mol. The van der Waals surface area contributed by atoms with Gasteiger partial charge in [-0.15, -0.1) is 0 Å². The van der Waals surface area contributed by atoms with Crippen molar-refractivity contribution < 1.29 is 23.4 Å². The fourth-order valence-corrected chi connectivity index (χ4v) is 2.32. The molecule has 5 nitrogen and oxygen atoms in total. The van der Waals surface area contributed by atoms with Crippen LogP contribution in [-0.4, -0.2) is 27.5 Å². The van der Waals surface area contributed by atoms with Crippen LogP contribution >= 0.6 is 11.6 Å². The van der Waals surface area contributed by atoms with Crippen LogP contribution in [0.15, 0.2) is 35.5 Å². The summed E-state index contributed by atoms with van der Waals surface area (Å²) in [6.07, 6.45) is 1.48. The third kappa shape index (κ3) is 4.29. The molecule has 0 heterocycles. The van der Waals surface area contributed by atoms with Crippen LogP contribution < -0.4 is 14.2 Å². The molecule has 2 aromatic carbocycles. The van der Waals surface area contributed by atoms with Gasteiger partial charge in [-0.05, 0) is 29.8 Å². The van der Waals surface area contributed by atoms with Crippen LogP contribution in [0.1, 0.15) is 11.1 Å². The first kappa shape index (κ1) is 17.9. The average Bonchev–Trinajstić information content (AvgIpc) is 2.58. The smallest absolute Gasteiger partial charge is 0.179 e. The van der Waals surface area contributed by atoms with Crippen LogP contribution in [0.4, 0.5) is 4.39 Å². The Labute approximate surface area is 144 Å². The summed E-state index contributed by atoms with van der Waals surface area (Å²) in [5, 5.41) is 4.25. The second kappa shape index (κ2) is 8.40. The predicted molar refractivity (Wildman–Crippen MR) is 89.9 cm³/mol. The largest absolute Gasteiger partial charge is 0.494 e. The maximum absolute atomic E-state index is 13.6. The summed E-state index contributed by atoms with van der Waals surface area (Å²) in [6.45, 7) is 0.123. The van der Waals surface area contributed by atoms with Gasteiger partial charge in [-0.2, -0.15) is 0 Å². The zero-order chi connectivity index (χ0) is 17.5. The summed E-state index contributed by atoms with van der Waals surface area (Å²) in [7, 11) is 4.44. The van der Waals surface area contributed by atoms with Crippen LogP contribution in [0, 0.1) is 5.82 Å².